The molecule has 4 rings (SSSR count). The minimum absolute atomic E-state index is 0.126. The monoisotopic (exact) mass is 368 g/mol. The predicted octanol–water partition coefficient (Wildman–Crippen LogP) is 6.47. The van der Waals surface area contributed by atoms with Gasteiger partial charge in [0.1, 0.15) is 0 Å². The summed E-state index contributed by atoms with van der Waals surface area (Å²) in [5.41, 5.74) is 2.53. The van der Waals surface area contributed by atoms with Gasteiger partial charge in [-0.05, 0) is 46.0 Å². The third-order valence-corrected chi connectivity index (χ3v) is 5.34. The maximum absolute atomic E-state index is 12.1. The minimum atomic E-state index is -0.132. The second-order valence-electron chi connectivity index (χ2n) is 7.03. The van der Waals surface area contributed by atoms with Gasteiger partial charge in [0, 0.05) is 12.3 Å². The van der Waals surface area contributed by atoms with Crippen LogP contribution in [0.15, 0.2) is 84.9 Å². The lowest BCUT2D eigenvalue weighted by Crippen LogP contribution is -2.09. The Morgan fingerprint density at radius 3 is 1.79 bits per heavy atom. The fourth-order valence-corrected chi connectivity index (χ4v) is 4.08. The predicted molar refractivity (Wildman–Crippen MR) is 116 cm³/mol. The van der Waals surface area contributed by atoms with Crippen LogP contribution in [-0.4, -0.2) is 12.6 Å². The zero-order chi connectivity index (χ0) is 19.3. The summed E-state index contributed by atoms with van der Waals surface area (Å²) >= 11 is 0. The number of carbonyl (C=O) groups is 1. The smallest absolute Gasteiger partial charge is 0.305 e. The van der Waals surface area contributed by atoms with E-state index < -0.39 is 0 Å². The molecule has 0 atom stereocenters. The van der Waals surface area contributed by atoms with E-state index in [-0.39, 0.29) is 11.9 Å². The van der Waals surface area contributed by atoms with E-state index in [0.717, 1.165) is 6.42 Å². The fraction of sp³-hybridized carbons (Fsp3) is 0.192. The zero-order valence-corrected chi connectivity index (χ0v) is 16.1. The molecule has 2 nitrogen and oxygen atoms in total. The molecule has 0 radical (unpaired) electrons. The number of fused-ring (bicyclic) bond motifs is 2. The summed E-state index contributed by atoms with van der Waals surface area (Å²) in [4.78, 5) is 12.1. The summed E-state index contributed by atoms with van der Waals surface area (Å²) in [6, 6.07) is 29.8. The van der Waals surface area contributed by atoms with E-state index in [4.69, 9.17) is 4.74 Å². The van der Waals surface area contributed by atoms with Gasteiger partial charge in [0.15, 0.2) is 0 Å². The van der Waals surface area contributed by atoms with Gasteiger partial charge < -0.3 is 4.74 Å². The average Bonchev–Trinajstić information content (AvgIpc) is 2.74. The van der Waals surface area contributed by atoms with E-state index in [9.17, 15) is 4.79 Å². The number of esters is 1. The summed E-state index contributed by atoms with van der Waals surface area (Å²) in [5.74, 6) is -0.00502. The highest BCUT2D eigenvalue weighted by molar-refractivity contribution is 5.90. The first-order valence-corrected chi connectivity index (χ1v) is 9.89. The van der Waals surface area contributed by atoms with E-state index in [1.165, 1.54) is 32.7 Å². The lowest BCUT2D eigenvalue weighted by atomic mass is 9.82. The van der Waals surface area contributed by atoms with Crippen LogP contribution in [0.4, 0.5) is 0 Å². The first-order chi connectivity index (χ1) is 13.8. The van der Waals surface area contributed by atoms with Gasteiger partial charge >= 0.3 is 5.97 Å². The summed E-state index contributed by atoms with van der Waals surface area (Å²) in [7, 11) is 0. The third kappa shape index (κ3) is 3.63. The third-order valence-electron chi connectivity index (χ3n) is 5.34. The van der Waals surface area contributed by atoms with Crippen LogP contribution in [0.1, 0.15) is 36.8 Å². The van der Waals surface area contributed by atoms with Gasteiger partial charge in [0.05, 0.1) is 6.61 Å². The molecule has 0 fully saturated rings. The molecule has 0 amide bonds. The Morgan fingerprint density at radius 2 is 1.25 bits per heavy atom. The van der Waals surface area contributed by atoms with Crippen molar-refractivity contribution in [2.45, 2.75) is 25.7 Å². The van der Waals surface area contributed by atoms with E-state index >= 15 is 0 Å². The average molecular weight is 368 g/mol. The molecule has 140 valence electrons. The van der Waals surface area contributed by atoms with Gasteiger partial charge in [-0.2, -0.15) is 0 Å². The van der Waals surface area contributed by atoms with Crippen molar-refractivity contribution in [3.05, 3.63) is 96.1 Å². The van der Waals surface area contributed by atoms with Gasteiger partial charge in [-0.25, -0.2) is 0 Å². The molecule has 0 saturated heterocycles. The number of rotatable bonds is 6. The molecule has 0 aromatic heterocycles. The Morgan fingerprint density at radius 1 is 0.750 bits per heavy atom. The Kier molecular flexibility index (Phi) is 5.38. The second kappa shape index (κ2) is 8.26. The highest BCUT2D eigenvalue weighted by atomic mass is 16.5. The molecule has 0 bridgehead atoms. The molecule has 0 saturated carbocycles. The van der Waals surface area contributed by atoms with Crippen molar-refractivity contribution in [3.63, 3.8) is 0 Å². The van der Waals surface area contributed by atoms with Crippen molar-refractivity contribution >= 4 is 27.5 Å². The number of hydrogen-bond donors (Lipinski definition) is 0. The van der Waals surface area contributed by atoms with Gasteiger partial charge in [0.25, 0.3) is 0 Å². The van der Waals surface area contributed by atoms with Crippen LogP contribution in [0, 0.1) is 0 Å². The molecule has 28 heavy (non-hydrogen) atoms. The van der Waals surface area contributed by atoms with Crippen LogP contribution >= 0.6 is 0 Å². The molecule has 0 N–H and O–H groups in total. The van der Waals surface area contributed by atoms with Crippen LogP contribution in [-0.2, 0) is 9.53 Å². The Bertz CT molecular complexity index is 1020. The van der Waals surface area contributed by atoms with Crippen molar-refractivity contribution in [3.8, 4) is 0 Å². The van der Waals surface area contributed by atoms with Crippen LogP contribution in [0.5, 0.6) is 0 Å². The Hall–Kier alpha value is -3.13. The van der Waals surface area contributed by atoms with Crippen molar-refractivity contribution in [1.29, 1.82) is 0 Å². The molecular weight excluding hydrogens is 344 g/mol. The first kappa shape index (κ1) is 18.2. The van der Waals surface area contributed by atoms with Crippen LogP contribution < -0.4 is 0 Å². The molecule has 4 aromatic carbocycles. The second-order valence-corrected chi connectivity index (χ2v) is 7.03. The number of carbonyl (C=O) groups excluding carboxylic acids is 1. The molecule has 0 aliphatic heterocycles. The number of benzene rings is 4. The Labute approximate surface area is 165 Å². The van der Waals surface area contributed by atoms with Crippen molar-refractivity contribution in [1.82, 2.24) is 0 Å². The largest absolute Gasteiger partial charge is 0.466 e. The van der Waals surface area contributed by atoms with E-state index in [1.54, 1.807) is 0 Å². The van der Waals surface area contributed by atoms with Gasteiger partial charge in [-0.15, -0.1) is 0 Å². The lowest BCUT2D eigenvalue weighted by Gasteiger charge is -2.21. The van der Waals surface area contributed by atoms with E-state index in [1.807, 2.05) is 6.92 Å². The normalized spacial score (nSPS) is 11.2. The molecule has 0 heterocycles. The van der Waals surface area contributed by atoms with Gasteiger partial charge in [-0.1, -0.05) is 84.9 Å². The highest BCUT2D eigenvalue weighted by Crippen LogP contribution is 2.37. The molecule has 0 aliphatic carbocycles. The number of ether oxygens (including phenoxy) is 1. The summed E-state index contributed by atoms with van der Waals surface area (Å²) < 4.78 is 5.20. The summed E-state index contributed by atoms with van der Waals surface area (Å²) in [6.45, 7) is 2.27. The van der Waals surface area contributed by atoms with Crippen molar-refractivity contribution in [2.75, 3.05) is 6.61 Å². The molecule has 2 heteroatoms. The lowest BCUT2D eigenvalue weighted by molar-refractivity contribution is -0.143. The fourth-order valence-electron chi connectivity index (χ4n) is 4.08. The first-order valence-electron chi connectivity index (χ1n) is 9.89. The molecular formula is C26H24O2. The minimum Gasteiger partial charge on any atom is -0.466 e. The maximum Gasteiger partial charge on any atom is 0.305 e. The van der Waals surface area contributed by atoms with E-state index in [0.29, 0.717) is 13.0 Å². The van der Waals surface area contributed by atoms with Gasteiger partial charge in [0.2, 0.25) is 0 Å². The molecule has 0 aliphatic rings. The standard InChI is InChI=1S/C26H24O2/c1-2-28-26(27)18-17-25(23-15-7-11-19-9-3-5-13-21(19)23)24-16-8-12-20-10-4-6-14-22(20)24/h3-16,25H,2,17-18H2,1H3. The van der Waals surface area contributed by atoms with E-state index in [2.05, 4.69) is 84.9 Å². The van der Waals surface area contributed by atoms with Crippen LogP contribution in [0.25, 0.3) is 21.5 Å². The summed E-state index contributed by atoms with van der Waals surface area (Å²) in [5, 5.41) is 4.93. The maximum atomic E-state index is 12.1. The van der Waals surface area contributed by atoms with Crippen LogP contribution in [0.2, 0.25) is 0 Å². The zero-order valence-electron chi connectivity index (χ0n) is 16.1. The molecule has 4 aromatic rings. The Balaban J connectivity index is 1.85. The quantitative estimate of drug-likeness (QED) is 0.365. The number of hydrogen-bond acceptors (Lipinski definition) is 2. The highest BCUT2D eigenvalue weighted by Gasteiger charge is 2.20. The summed E-state index contributed by atoms with van der Waals surface area (Å²) in [6.07, 6.45) is 1.13. The molecule has 0 spiro atoms. The molecule has 0 unspecified atom stereocenters. The van der Waals surface area contributed by atoms with Crippen LogP contribution in [0.3, 0.4) is 0 Å². The topological polar surface area (TPSA) is 26.3 Å². The van der Waals surface area contributed by atoms with Crippen molar-refractivity contribution in [2.24, 2.45) is 0 Å². The van der Waals surface area contributed by atoms with Gasteiger partial charge in [-0.3, -0.25) is 4.79 Å². The SMILES string of the molecule is CCOC(=O)CCC(c1cccc2ccccc12)c1cccc2ccccc12. The van der Waals surface area contributed by atoms with Crippen molar-refractivity contribution < 1.29 is 9.53 Å².